The van der Waals surface area contributed by atoms with Gasteiger partial charge in [-0.15, -0.1) is 23.1 Å². The molecule has 2 aromatic heterocycles. The Morgan fingerprint density at radius 3 is 2.97 bits per heavy atom. The molecule has 0 aliphatic carbocycles. The van der Waals surface area contributed by atoms with E-state index in [1.165, 1.54) is 46.4 Å². The van der Waals surface area contributed by atoms with Crippen LogP contribution in [0.15, 0.2) is 21.9 Å². The highest BCUT2D eigenvalue weighted by atomic mass is 32.2. The molecule has 29 heavy (non-hydrogen) atoms. The van der Waals surface area contributed by atoms with Gasteiger partial charge < -0.3 is 15.3 Å². The van der Waals surface area contributed by atoms with Crippen molar-refractivity contribution in [3.05, 3.63) is 28.2 Å². The van der Waals surface area contributed by atoms with Crippen LogP contribution in [0.25, 0.3) is 0 Å². The molecular weight excluding hydrogens is 452 g/mol. The van der Waals surface area contributed by atoms with Crippen LogP contribution < -0.4 is 5.32 Å². The predicted octanol–water partition coefficient (Wildman–Crippen LogP) is 1.71. The van der Waals surface area contributed by atoms with Gasteiger partial charge in [-0.05, 0) is 29.9 Å². The Labute approximate surface area is 183 Å². The van der Waals surface area contributed by atoms with E-state index in [9.17, 15) is 19.5 Å². The molecule has 154 valence electrons. The number of aryl methyl sites for hydroxylation is 1. The van der Waals surface area contributed by atoms with Crippen molar-refractivity contribution in [2.75, 3.05) is 18.1 Å². The van der Waals surface area contributed by atoms with E-state index in [4.69, 9.17) is 0 Å². The quantitative estimate of drug-likeness (QED) is 0.465. The molecule has 0 bridgehead atoms. The van der Waals surface area contributed by atoms with Gasteiger partial charge in [0.1, 0.15) is 22.7 Å². The molecule has 2 fully saturated rings. The molecule has 0 radical (unpaired) electrons. The van der Waals surface area contributed by atoms with E-state index in [1.54, 1.807) is 11.8 Å². The summed E-state index contributed by atoms with van der Waals surface area (Å²) in [5.41, 5.74) is -1.05. The highest BCUT2D eigenvalue weighted by molar-refractivity contribution is 8.01. The summed E-state index contributed by atoms with van der Waals surface area (Å²) in [6, 6.07) is 3.18. The number of nitrogens with zero attached hydrogens (tertiary/aromatic N) is 3. The molecule has 4 heterocycles. The van der Waals surface area contributed by atoms with Gasteiger partial charge in [-0.1, -0.05) is 17.8 Å². The summed E-state index contributed by atoms with van der Waals surface area (Å²) in [6.07, 6.45) is 0.246. The van der Waals surface area contributed by atoms with Crippen LogP contribution in [-0.2, 0) is 20.8 Å². The monoisotopic (exact) mass is 470 g/mol. The van der Waals surface area contributed by atoms with Crippen molar-refractivity contribution in [3.63, 3.8) is 0 Å². The summed E-state index contributed by atoms with van der Waals surface area (Å²) in [5.74, 6) is 0.0240. The number of carbonyl (C=O) groups is 3. The van der Waals surface area contributed by atoms with Crippen molar-refractivity contribution in [2.45, 2.75) is 29.1 Å². The zero-order valence-electron chi connectivity index (χ0n) is 15.4. The molecule has 8 nitrogen and oxygen atoms in total. The Bertz CT molecular complexity index is 934. The largest absolute Gasteiger partial charge is 0.481 e. The van der Waals surface area contributed by atoms with Crippen molar-refractivity contribution in [2.24, 2.45) is 5.41 Å². The molecule has 2 aliphatic heterocycles. The van der Waals surface area contributed by atoms with Gasteiger partial charge in [-0.3, -0.25) is 14.4 Å². The van der Waals surface area contributed by atoms with Crippen molar-refractivity contribution in [1.29, 1.82) is 0 Å². The molecule has 2 unspecified atom stereocenters. The Balaban J connectivity index is 1.37. The Morgan fingerprint density at radius 1 is 1.48 bits per heavy atom. The summed E-state index contributed by atoms with van der Waals surface area (Å²) in [4.78, 5) is 43.7. The molecule has 3 atom stereocenters. The number of aliphatic carboxylic acids is 1. The van der Waals surface area contributed by atoms with Crippen molar-refractivity contribution in [1.82, 2.24) is 19.6 Å². The summed E-state index contributed by atoms with van der Waals surface area (Å²) < 4.78 is 4.84. The van der Waals surface area contributed by atoms with Gasteiger partial charge in [0.2, 0.25) is 11.8 Å². The van der Waals surface area contributed by atoms with E-state index in [0.717, 1.165) is 9.22 Å². The fourth-order valence-electron chi connectivity index (χ4n) is 3.24. The lowest BCUT2D eigenvalue weighted by atomic mass is 9.89. The Kier molecular flexibility index (Phi) is 5.87. The van der Waals surface area contributed by atoms with Crippen molar-refractivity contribution in [3.8, 4) is 0 Å². The van der Waals surface area contributed by atoms with E-state index >= 15 is 0 Å². The number of carboxylic acids is 1. The number of nitrogens with one attached hydrogen (secondary N) is 1. The van der Waals surface area contributed by atoms with Crippen molar-refractivity contribution < 1.29 is 19.5 Å². The lowest BCUT2D eigenvalue weighted by Gasteiger charge is -2.53. The second-order valence-corrected chi connectivity index (χ2v) is 11.1. The predicted molar refractivity (Wildman–Crippen MR) is 113 cm³/mol. The zero-order chi connectivity index (χ0) is 20.6. The SMILES string of the molecule is Cc1nsc(SCC2(C(=O)O)CS[C@@H]3C(NC(=O)Cc4cccs4)C(=O)N3C2)n1. The van der Waals surface area contributed by atoms with Crippen LogP contribution in [0.2, 0.25) is 0 Å². The minimum atomic E-state index is -1.05. The molecule has 2 saturated heterocycles. The van der Waals surface area contributed by atoms with E-state index < -0.39 is 17.4 Å². The number of carbonyl (C=O) groups excluding carboxylic acids is 2. The smallest absolute Gasteiger partial charge is 0.313 e. The first-order chi connectivity index (χ1) is 13.9. The average Bonchev–Trinajstić information content (AvgIpc) is 3.35. The van der Waals surface area contributed by atoms with Crippen LogP contribution in [0.4, 0.5) is 0 Å². The van der Waals surface area contributed by atoms with Crippen LogP contribution in [0, 0.1) is 12.3 Å². The first-order valence-corrected chi connectivity index (χ1v) is 12.5. The number of hydrogen-bond donors (Lipinski definition) is 2. The summed E-state index contributed by atoms with van der Waals surface area (Å²) in [5, 5.41) is 14.4. The molecule has 2 N–H and O–H groups in total. The molecule has 12 heteroatoms. The number of aromatic nitrogens is 2. The van der Waals surface area contributed by atoms with Gasteiger partial charge in [0, 0.05) is 22.9 Å². The third kappa shape index (κ3) is 4.16. The first kappa shape index (κ1) is 20.6. The van der Waals surface area contributed by atoms with E-state index in [0.29, 0.717) is 17.3 Å². The lowest BCUT2D eigenvalue weighted by Crippen LogP contribution is -2.74. The van der Waals surface area contributed by atoms with Crippen LogP contribution >= 0.6 is 46.4 Å². The van der Waals surface area contributed by atoms with Gasteiger partial charge in [0.15, 0.2) is 4.34 Å². The number of β-lactam (4-membered cyclic amide) rings is 1. The van der Waals surface area contributed by atoms with E-state index in [2.05, 4.69) is 14.7 Å². The van der Waals surface area contributed by atoms with E-state index in [-0.39, 0.29) is 30.2 Å². The number of fused-ring (bicyclic) bond motifs is 1. The number of rotatable bonds is 7. The van der Waals surface area contributed by atoms with Crippen LogP contribution in [0.1, 0.15) is 10.7 Å². The number of thiophene rings is 1. The minimum absolute atomic E-state index is 0.140. The van der Waals surface area contributed by atoms with Crippen LogP contribution in [0.3, 0.4) is 0 Å². The maximum Gasteiger partial charge on any atom is 0.313 e. The highest BCUT2D eigenvalue weighted by Crippen LogP contribution is 2.44. The van der Waals surface area contributed by atoms with Gasteiger partial charge >= 0.3 is 5.97 Å². The second kappa shape index (κ2) is 8.25. The lowest BCUT2D eigenvalue weighted by molar-refractivity contribution is -0.157. The number of hydrogen-bond acceptors (Lipinski definition) is 9. The molecule has 0 saturated carbocycles. The highest BCUT2D eigenvalue weighted by Gasteiger charge is 2.57. The maximum atomic E-state index is 12.6. The molecule has 4 rings (SSSR count). The average molecular weight is 471 g/mol. The van der Waals surface area contributed by atoms with Gasteiger partial charge in [0.25, 0.3) is 0 Å². The molecule has 0 spiro atoms. The Morgan fingerprint density at radius 2 is 2.31 bits per heavy atom. The van der Waals surface area contributed by atoms with E-state index in [1.807, 2.05) is 17.5 Å². The standard InChI is InChI=1S/C17H18N4O4S4/c1-9-18-16(29-20-9)28-8-17(15(24)25)6-21-13(23)12(14(21)27-7-17)19-11(22)5-10-3-2-4-26-10/h2-4,12,14H,5-8H2,1H3,(H,19,22)(H,24,25)/t12?,14-,17?/m1/s1. The van der Waals surface area contributed by atoms with Gasteiger partial charge in [-0.25, -0.2) is 4.98 Å². The topological polar surface area (TPSA) is 112 Å². The van der Waals surface area contributed by atoms with Crippen molar-refractivity contribution >= 4 is 64.2 Å². The minimum Gasteiger partial charge on any atom is -0.481 e. The fraction of sp³-hybridized carbons (Fsp3) is 0.471. The van der Waals surface area contributed by atoms with Gasteiger partial charge in [0.05, 0.1) is 6.42 Å². The molecule has 2 aliphatic rings. The number of amides is 2. The molecular formula is C17H18N4O4S4. The zero-order valence-corrected chi connectivity index (χ0v) is 18.6. The molecule has 2 aromatic rings. The normalized spacial score (nSPS) is 26.0. The fourth-order valence-corrected chi connectivity index (χ4v) is 7.45. The third-order valence-corrected chi connectivity index (χ3v) is 9.49. The Hall–Kier alpha value is -1.63. The van der Waals surface area contributed by atoms with Gasteiger partial charge in [-0.2, -0.15) is 4.37 Å². The summed E-state index contributed by atoms with van der Waals surface area (Å²) in [6.45, 7) is 1.93. The summed E-state index contributed by atoms with van der Waals surface area (Å²) in [7, 11) is 0. The number of carboxylic acid groups (broad SMARTS) is 1. The van der Waals surface area contributed by atoms with Crippen LogP contribution in [0.5, 0.6) is 0 Å². The van der Waals surface area contributed by atoms with Crippen LogP contribution in [-0.4, -0.2) is 66.6 Å². The number of thioether (sulfide) groups is 2. The second-order valence-electron chi connectivity index (χ2n) is 6.95. The maximum absolute atomic E-state index is 12.6. The third-order valence-electron chi connectivity index (χ3n) is 4.81. The molecule has 0 aromatic carbocycles. The summed E-state index contributed by atoms with van der Waals surface area (Å²) >= 11 is 5.52. The first-order valence-electron chi connectivity index (χ1n) is 8.78. The molecule has 2 amide bonds.